The van der Waals surface area contributed by atoms with Gasteiger partial charge >= 0.3 is 0 Å². The Morgan fingerprint density at radius 3 is 2.88 bits per heavy atom. The first-order valence-electron chi connectivity index (χ1n) is 4.92. The lowest BCUT2D eigenvalue weighted by Crippen LogP contribution is -2.50. The van der Waals surface area contributed by atoms with Gasteiger partial charge in [0, 0.05) is 26.2 Å². The van der Waals surface area contributed by atoms with E-state index in [0.29, 0.717) is 18.8 Å². The van der Waals surface area contributed by atoms with E-state index in [-0.39, 0.29) is 24.2 Å². The molecule has 0 unspecified atom stereocenters. The van der Waals surface area contributed by atoms with Crippen molar-refractivity contribution >= 4 is 17.6 Å². The smallest absolute Gasteiger partial charge is 0.272 e. The maximum absolute atomic E-state index is 11.9. The molecule has 7 nitrogen and oxygen atoms in total. The maximum atomic E-state index is 11.9. The summed E-state index contributed by atoms with van der Waals surface area (Å²) in [7, 11) is 1.72. The molecule has 0 saturated carbocycles. The van der Waals surface area contributed by atoms with Gasteiger partial charge in [-0.2, -0.15) is 5.10 Å². The van der Waals surface area contributed by atoms with Gasteiger partial charge < -0.3 is 15.5 Å². The van der Waals surface area contributed by atoms with E-state index >= 15 is 0 Å². The van der Waals surface area contributed by atoms with Gasteiger partial charge in [-0.25, -0.2) is 0 Å². The van der Waals surface area contributed by atoms with Crippen LogP contribution in [0.2, 0.25) is 0 Å². The third kappa shape index (κ3) is 1.83. The van der Waals surface area contributed by atoms with Crippen molar-refractivity contribution in [3.05, 3.63) is 11.8 Å². The molecule has 1 aromatic rings. The number of anilines is 1. The summed E-state index contributed by atoms with van der Waals surface area (Å²) in [5.41, 5.74) is 5.72. The molecule has 0 aliphatic carbocycles. The van der Waals surface area contributed by atoms with Gasteiger partial charge in [-0.3, -0.25) is 14.7 Å². The van der Waals surface area contributed by atoms with Crippen LogP contribution in [-0.2, 0) is 4.79 Å². The molecule has 2 rings (SSSR count). The van der Waals surface area contributed by atoms with Crippen LogP contribution in [0.5, 0.6) is 0 Å². The van der Waals surface area contributed by atoms with Crippen LogP contribution in [0.3, 0.4) is 0 Å². The lowest BCUT2D eigenvalue weighted by Gasteiger charge is -2.31. The fraction of sp³-hybridized carbons (Fsp3) is 0.444. The van der Waals surface area contributed by atoms with E-state index in [2.05, 4.69) is 10.2 Å². The number of carbonyl (C=O) groups excluding carboxylic acids is 2. The van der Waals surface area contributed by atoms with Gasteiger partial charge in [-0.1, -0.05) is 0 Å². The summed E-state index contributed by atoms with van der Waals surface area (Å²) in [4.78, 5) is 26.4. The summed E-state index contributed by atoms with van der Waals surface area (Å²) in [6.45, 7) is 1.18. The molecule has 1 aliphatic heterocycles. The largest absolute Gasteiger partial charge is 0.382 e. The molecule has 1 aromatic heterocycles. The van der Waals surface area contributed by atoms with E-state index in [9.17, 15) is 9.59 Å². The Morgan fingerprint density at radius 1 is 1.56 bits per heavy atom. The minimum absolute atomic E-state index is 0.0629. The van der Waals surface area contributed by atoms with Gasteiger partial charge in [0.1, 0.15) is 18.1 Å². The number of amides is 2. The second kappa shape index (κ2) is 3.84. The molecule has 1 fully saturated rings. The minimum Gasteiger partial charge on any atom is -0.382 e. The van der Waals surface area contributed by atoms with Crippen molar-refractivity contribution in [3.8, 4) is 0 Å². The molecule has 86 valence electrons. The van der Waals surface area contributed by atoms with Gasteiger partial charge in [0.2, 0.25) is 5.91 Å². The Morgan fingerprint density at radius 2 is 2.31 bits per heavy atom. The van der Waals surface area contributed by atoms with Gasteiger partial charge in [0.25, 0.3) is 5.91 Å². The molecule has 1 aliphatic rings. The number of rotatable bonds is 1. The van der Waals surface area contributed by atoms with E-state index in [1.807, 2.05) is 0 Å². The van der Waals surface area contributed by atoms with Crippen LogP contribution < -0.4 is 5.73 Å². The number of nitrogens with two attached hydrogens (primary N) is 1. The van der Waals surface area contributed by atoms with Crippen molar-refractivity contribution in [2.45, 2.75) is 0 Å². The number of nitrogen functional groups attached to an aromatic ring is 1. The Hall–Kier alpha value is -2.05. The molecule has 0 spiro atoms. The number of piperazine rings is 1. The second-order valence-electron chi connectivity index (χ2n) is 3.75. The molecular formula is C9H13N5O2. The highest BCUT2D eigenvalue weighted by atomic mass is 16.2. The first-order valence-corrected chi connectivity index (χ1v) is 4.92. The molecule has 2 amide bonds. The predicted octanol–water partition coefficient (Wildman–Crippen LogP) is -1.09. The number of likely N-dealkylation sites (N-methyl/N-ethyl adjacent to an activating group) is 1. The van der Waals surface area contributed by atoms with Gasteiger partial charge in [0.05, 0.1) is 0 Å². The Labute approximate surface area is 92.2 Å². The lowest BCUT2D eigenvalue weighted by molar-refractivity contribution is -0.133. The third-order valence-electron chi connectivity index (χ3n) is 2.57. The molecule has 3 N–H and O–H groups in total. The van der Waals surface area contributed by atoms with Gasteiger partial charge in [-0.15, -0.1) is 0 Å². The van der Waals surface area contributed by atoms with Crippen LogP contribution in [0, 0.1) is 0 Å². The predicted molar refractivity (Wildman–Crippen MR) is 56.5 cm³/mol. The Bertz CT molecular complexity index is 427. The van der Waals surface area contributed by atoms with Crippen LogP contribution in [0.15, 0.2) is 6.07 Å². The molecular weight excluding hydrogens is 210 g/mol. The highest BCUT2D eigenvalue weighted by molar-refractivity contribution is 5.96. The highest BCUT2D eigenvalue weighted by Gasteiger charge is 2.26. The number of aromatic amines is 1. The zero-order valence-corrected chi connectivity index (χ0v) is 8.93. The van der Waals surface area contributed by atoms with Crippen LogP contribution in [0.25, 0.3) is 0 Å². The zero-order valence-electron chi connectivity index (χ0n) is 8.93. The quantitative estimate of drug-likeness (QED) is 0.632. The first kappa shape index (κ1) is 10.5. The zero-order chi connectivity index (χ0) is 11.7. The van der Waals surface area contributed by atoms with Crippen LogP contribution in [-0.4, -0.2) is 58.5 Å². The van der Waals surface area contributed by atoms with Crippen LogP contribution in [0.1, 0.15) is 10.5 Å². The number of hydrogen-bond donors (Lipinski definition) is 2. The van der Waals surface area contributed by atoms with E-state index in [1.54, 1.807) is 11.9 Å². The lowest BCUT2D eigenvalue weighted by atomic mass is 10.3. The second-order valence-corrected chi connectivity index (χ2v) is 3.75. The van der Waals surface area contributed by atoms with Crippen molar-refractivity contribution in [3.63, 3.8) is 0 Å². The molecule has 0 atom stereocenters. The normalized spacial score (nSPS) is 16.7. The summed E-state index contributed by atoms with van der Waals surface area (Å²) in [5, 5.41) is 6.21. The van der Waals surface area contributed by atoms with E-state index in [0.717, 1.165) is 0 Å². The average molecular weight is 223 g/mol. The fourth-order valence-electron chi connectivity index (χ4n) is 1.55. The SMILES string of the molecule is CN1CCN(C(=O)c2cc(N)n[nH]2)CC1=O. The highest BCUT2D eigenvalue weighted by Crippen LogP contribution is 2.08. The summed E-state index contributed by atoms with van der Waals surface area (Å²) in [6.07, 6.45) is 0. The van der Waals surface area contributed by atoms with E-state index in [4.69, 9.17) is 5.73 Å². The van der Waals surface area contributed by atoms with E-state index in [1.165, 1.54) is 11.0 Å². The van der Waals surface area contributed by atoms with Crippen molar-refractivity contribution in [1.29, 1.82) is 0 Å². The van der Waals surface area contributed by atoms with Crippen molar-refractivity contribution < 1.29 is 9.59 Å². The van der Waals surface area contributed by atoms with Crippen molar-refractivity contribution in [2.75, 3.05) is 32.4 Å². The number of aromatic nitrogens is 2. The Balaban J connectivity index is 2.09. The molecule has 0 radical (unpaired) electrons. The average Bonchev–Trinajstić information content (AvgIpc) is 2.68. The topological polar surface area (TPSA) is 95.3 Å². The summed E-state index contributed by atoms with van der Waals surface area (Å²) < 4.78 is 0. The number of hydrogen-bond acceptors (Lipinski definition) is 4. The molecule has 0 aromatic carbocycles. The first-order chi connectivity index (χ1) is 7.58. The molecule has 7 heteroatoms. The van der Waals surface area contributed by atoms with Gasteiger partial charge in [0.15, 0.2) is 0 Å². The molecule has 16 heavy (non-hydrogen) atoms. The number of nitrogens with zero attached hydrogens (tertiary/aromatic N) is 3. The van der Waals surface area contributed by atoms with Crippen LogP contribution in [0.4, 0.5) is 5.82 Å². The minimum atomic E-state index is -0.245. The summed E-state index contributed by atoms with van der Waals surface area (Å²) >= 11 is 0. The number of carbonyl (C=O) groups is 2. The van der Waals surface area contributed by atoms with Gasteiger partial charge in [-0.05, 0) is 0 Å². The number of nitrogens with one attached hydrogen (secondary N) is 1. The van der Waals surface area contributed by atoms with E-state index < -0.39 is 0 Å². The summed E-state index contributed by atoms with van der Waals surface area (Å²) in [6, 6.07) is 1.46. The molecule has 0 bridgehead atoms. The number of H-pyrrole nitrogens is 1. The Kier molecular flexibility index (Phi) is 2.51. The standard InChI is InChI=1S/C9H13N5O2/c1-13-2-3-14(5-8(13)15)9(16)6-4-7(10)12-11-6/h4H,2-3,5H2,1H3,(H3,10,11,12). The summed E-state index contributed by atoms with van der Waals surface area (Å²) in [5.74, 6) is -0.0402. The van der Waals surface area contributed by atoms with Crippen molar-refractivity contribution in [2.24, 2.45) is 0 Å². The molecule has 1 saturated heterocycles. The maximum Gasteiger partial charge on any atom is 0.272 e. The van der Waals surface area contributed by atoms with Crippen LogP contribution >= 0.6 is 0 Å². The fourth-order valence-corrected chi connectivity index (χ4v) is 1.55. The van der Waals surface area contributed by atoms with Crippen molar-refractivity contribution in [1.82, 2.24) is 20.0 Å². The third-order valence-corrected chi connectivity index (χ3v) is 2.57. The monoisotopic (exact) mass is 223 g/mol. The molecule has 2 heterocycles.